The van der Waals surface area contributed by atoms with Gasteiger partial charge in [0.1, 0.15) is 5.69 Å². The number of hydrogen-bond donors (Lipinski definition) is 0. The largest absolute Gasteiger partial charge is 0.291 e. The Balaban J connectivity index is 2.54. The van der Waals surface area contributed by atoms with Crippen molar-refractivity contribution in [1.29, 1.82) is 0 Å². The van der Waals surface area contributed by atoms with E-state index in [4.69, 9.17) is 0 Å². The number of ketones is 1. The number of Topliss-reactive ketones (excluding diaryl/α,β-unsaturated/α-hetero) is 1. The van der Waals surface area contributed by atoms with Crippen molar-refractivity contribution in [2.45, 2.75) is 27.2 Å². The van der Waals surface area contributed by atoms with Crippen molar-refractivity contribution < 1.29 is 4.79 Å². The number of carbonyl (C=O) groups excluding carboxylic acids is 1. The highest BCUT2D eigenvalue weighted by Gasteiger charge is 2.07. The molecule has 0 unspecified atom stereocenters. The molecule has 0 aliphatic rings. The maximum atomic E-state index is 11.4. The highest BCUT2D eigenvalue weighted by molar-refractivity contribution is 6.99. The predicted octanol–water partition coefficient (Wildman–Crippen LogP) is 2.16. The van der Waals surface area contributed by atoms with Gasteiger partial charge in [-0.05, 0) is 20.8 Å². The van der Waals surface area contributed by atoms with Gasteiger partial charge in [0.25, 0.3) is 0 Å². The Labute approximate surface area is 87.9 Å². The molecule has 3 nitrogen and oxygen atoms in total. The molecule has 0 spiro atoms. The van der Waals surface area contributed by atoms with E-state index in [0.29, 0.717) is 5.69 Å². The predicted molar refractivity (Wildman–Crippen MR) is 56.1 cm³/mol. The third kappa shape index (κ3) is 3.67. The third-order valence-electron chi connectivity index (χ3n) is 1.36. The molecule has 1 rings (SSSR count). The van der Waals surface area contributed by atoms with Crippen molar-refractivity contribution in [3.8, 4) is 11.8 Å². The Hall–Kier alpha value is -1.21. The van der Waals surface area contributed by atoms with Crippen LogP contribution in [0.1, 0.15) is 37.7 Å². The molecule has 1 aromatic rings. The fourth-order valence-electron chi connectivity index (χ4n) is 0.768. The van der Waals surface area contributed by atoms with E-state index in [1.54, 1.807) is 0 Å². The quantitative estimate of drug-likeness (QED) is 0.552. The summed E-state index contributed by atoms with van der Waals surface area (Å²) < 4.78 is 7.61. The van der Waals surface area contributed by atoms with Crippen molar-refractivity contribution in [3.05, 3.63) is 11.9 Å². The van der Waals surface area contributed by atoms with Crippen molar-refractivity contribution in [3.63, 3.8) is 0 Å². The van der Waals surface area contributed by atoms with Crippen LogP contribution in [0.15, 0.2) is 6.20 Å². The monoisotopic (exact) mass is 208 g/mol. The number of rotatable bonds is 2. The van der Waals surface area contributed by atoms with Crippen molar-refractivity contribution in [1.82, 2.24) is 8.75 Å². The molecular weight excluding hydrogens is 196 g/mol. The van der Waals surface area contributed by atoms with Gasteiger partial charge in [0, 0.05) is 5.41 Å². The van der Waals surface area contributed by atoms with Gasteiger partial charge in [0.05, 0.1) is 24.3 Å². The summed E-state index contributed by atoms with van der Waals surface area (Å²) in [5.41, 5.74) is 0.360. The van der Waals surface area contributed by atoms with Gasteiger partial charge in [-0.2, -0.15) is 8.75 Å². The normalized spacial score (nSPS) is 10.5. The minimum absolute atomic E-state index is 0.0550. The maximum Gasteiger partial charge on any atom is 0.195 e. The molecule has 0 atom stereocenters. The van der Waals surface area contributed by atoms with E-state index in [-0.39, 0.29) is 17.6 Å². The van der Waals surface area contributed by atoms with E-state index in [0.717, 1.165) is 11.7 Å². The summed E-state index contributed by atoms with van der Waals surface area (Å²) in [5, 5.41) is 0. The molecule has 0 saturated heterocycles. The Morgan fingerprint density at radius 2 is 2.29 bits per heavy atom. The maximum absolute atomic E-state index is 11.4. The zero-order chi connectivity index (χ0) is 10.6. The molecule has 4 heteroatoms. The van der Waals surface area contributed by atoms with Crippen molar-refractivity contribution >= 4 is 17.5 Å². The van der Waals surface area contributed by atoms with Crippen LogP contribution in [0.3, 0.4) is 0 Å². The molecular formula is C10H12N2OS. The minimum atomic E-state index is -0.0597. The third-order valence-corrected chi connectivity index (χ3v) is 1.84. The first kappa shape index (κ1) is 10.9. The van der Waals surface area contributed by atoms with Gasteiger partial charge in [0.2, 0.25) is 0 Å². The van der Waals surface area contributed by atoms with E-state index >= 15 is 0 Å². The van der Waals surface area contributed by atoms with Crippen LogP contribution in [0, 0.1) is 17.3 Å². The lowest BCUT2D eigenvalue weighted by Crippen LogP contribution is -2.01. The smallest absolute Gasteiger partial charge is 0.195 e. The number of carbonyl (C=O) groups is 1. The number of aromatic nitrogens is 2. The lowest BCUT2D eigenvalue weighted by atomic mass is 9.98. The molecule has 0 aliphatic carbocycles. The summed E-state index contributed by atoms with van der Waals surface area (Å²) in [6.45, 7) is 6.03. The second kappa shape index (κ2) is 4.34. The van der Waals surface area contributed by atoms with Crippen molar-refractivity contribution in [2.24, 2.45) is 5.41 Å². The summed E-state index contributed by atoms with van der Waals surface area (Å²) in [6.07, 6.45) is 1.70. The molecule has 0 N–H and O–H groups in total. The van der Waals surface area contributed by atoms with Gasteiger partial charge in [-0.15, -0.1) is 0 Å². The fraction of sp³-hybridized carbons (Fsp3) is 0.500. The van der Waals surface area contributed by atoms with Gasteiger partial charge in [-0.3, -0.25) is 4.79 Å². The molecule has 1 heterocycles. The van der Waals surface area contributed by atoms with Crippen LogP contribution in [-0.2, 0) is 0 Å². The van der Waals surface area contributed by atoms with Crippen LogP contribution >= 0.6 is 11.7 Å². The molecule has 0 aromatic carbocycles. The van der Waals surface area contributed by atoms with Crippen LogP contribution < -0.4 is 0 Å². The van der Waals surface area contributed by atoms with Crippen molar-refractivity contribution in [2.75, 3.05) is 0 Å². The average Bonchev–Trinajstić information content (AvgIpc) is 2.53. The van der Waals surface area contributed by atoms with Crippen LogP contribution in [-0.4, -0.2) is 14.5 Å². The lowest BCUT2D eigenvalue weighted by Gasteiger charge is -2.06. The molecule has 0 bridgehead atoms. The van der Waals surface area contributed by atoms with Gasteiger partial charge >= 0.3 is 0 Å². The topological polar surface area (TPSA) is 42.9 Å². The SMILES string of the molecule is CC(C)(C)C#CCC(=O)c1cnsn1. The molecule has 0 amide bonds. The summed E-state index contributed by atoms with van der Waals surface area (Å²) in [4.78, 5) is 11.4. The van der Waals surface area contributed by atoms with Gasteiger partial charge in [0.15, 0.2) is 5.78 Å². The first-order chi connectivity index (χ1) is 6.49. The Kier molecular flexibility index (Phi) is 3.37. The molecule has 0 aliphatic heterocycles. The van der Waals surface area contributed by atoms with E-state index in [9.17, 15) is 4.79 Å². The zero-order valence-electron chi connectivity index (χ0n) is 8.50. The van der Waals surface area contributed by atoms with Crippen LogP contribution in [0.2, 0.25) is 0 Å². The Morgan fingerprint density at radius 3 is 2.79 bits per heavy atom. The molecule has 74 valence electrons. The Bertz CT molecular complexity index is 365. The molecule has 0 radical (unpaired) electrons. The first-order valence-electron chi connectivity index (χ1n) is 4.30. The molecule has 1 aromatic heterocycles. The minimum Gasteiger partial charge on any atom is -0.291 e. The summed E-state index contributed by atoms with van der Waals surface area (Å²) in [6, 6.07) is 0. The summed E-state index contributed by atoms with van der Waals surface area (Å²) in [5.74, 6) is 5.79. The standard InChI is InChI=1S/C10H12N2OS/c1-10(2,3)6-4-5-9(13)8-7-11-14-12-8/h7H,5H2,1-3H3. The van der Waals surface area contributed by atoms with E-state index in [1.165, 1.54) is 6.20 Å². The summed E-state index contributed by atoms with van der Waals surface area (Å²) in [7, 11) is 0. The lowest BCUT2D eigenvalue weighted by molar-refractivity contribution is 0.0994. The number of hydrogen-bond acceptors (Lipinski definition) is 4. The van der Waals surface area contributed by atoms with Gasteiger partial charge < -0.3 is 0 Å². The van der Waals surface area contributed by atoms with Gasteiger partial charge in [-0.1, -0.05) is 11.8 Å². The molecule has 14 heavy (non-hydrogen) atoms. The van der Waals surface area contributed by atoms with E-state index in [1.807, 2.05) is 20.8 Å². The second-order valence-electron chi connectivity index (χ2n) is 3.94. The molecule has 0 fully saturated rings. The highest BCUT2D eigenvalue weighted by atomic mass is 32.1. The summed E-state index contributed by atoms with van der Waals surface area (Å²) >= 11 is 1.04. The fourth-order valence-corrected chi connectivity index (χ4v) is 1.20. The van der Waals surface area contributed by atoms with Gasteiger partial charge in [-0.25, -0.2) is 0 Å². The number of nitrogens with zero attached hydrogens (tertiary/aromatic N) is 2. The average molecular weight is 208 g/mol. The van der Waals surface area contributed by atoms with E-state index in [2.05, 4.69) is 20.6 Å². The zero-order valence-corrected chi connectivity index (χ0v) is 9.31. The molecule has 0 saturated carbocycles. The van der Waals surface area contributed by atoms with Crippen LogP contribution in [0.4, 0.5) is 0 Å². The van der Waals surface area contributed by atoms with Crippen LogP contribution in [0.25, 0.3) is 0 Å². The highest BCUT2D eigenvalue weighted by Crippen LogP contribution is 2.10. The first-order valence-corrected chi connectivity index (χ1v) is 5.03. The Morgan fingerprint density at radius 1 is 1.57 bits per heavy atom. The van der Waals surface area contributed by atoms with Crippen LogP contribution in [0.5, 0.6) is 0 Å². The van der Waals surface area contributed by atoms with E-state index < -0.39 is 0 Å². The second-order valence-corrected chi connectivity index (χ2v) is 4.50.